The van der Waals surface area contributed by atoms with Crippen molar-refractivity contribution in [3.05, 3.63) is 54.1 Å². The third kappa shape index (κ3) is 1.74. The summed E-state index contributed by atoms with van der Waals surface area (Å²) in [6, 6.07) is 9.81. The third-order valence-electron chi connectivity index (χ3n) is 2.57. The molecule has 0 saturated carbocycles. The molecule has 1 aromatic carbocycles. The fraction of sp³-hybridized carbons (Fsp3) is 0. The minimum absolute atomic E-state index is 0.545. The summed E-state index contributed by atoms with van der Waals surface area (Å²) in [6.45, 7) is 0. The van der Waals surface area contributed by atoms with E-state index in [1.165, 1.54) is 6.33 Å². The Balaban J connectivity index is 2.35. The Hall–Kier alpha value is -2.00. The molecule has 0 spiro atoms. The molecule has 3 aromatic rings. The average molecular weight is 242 g/mol. The largest absolute Gasteiger partial charge is 0.256 e. The van der Waals surface area contributed by atoms with Crippen LogP contribution >= 0.6 is 11.6 Å². The fourth-order valence-electron chi connectivity index (χ4n) is 1.82. The van der Waals surface area contributed by atoms with Crippen LogP contribution in [0.5, 0.6) is 0 Å². The van der Waals surface area contributed by atoms with E-state index in [9.17, 15) is 0 Å². The minimum Gasteiger partial charge on any atom is -0.256 e. The third-order valence-corrected chi connectivity index (χ3v) is 2.85. The van der Waals surface area contributed by atoms with Gasteiger partial charge in [-0.3, -0.25) is 4.98 Å². The molecule has 3 nitrogen and oxygen atoms in total. The number of benzene rings is 1. The van der Waals surface area contributed by atoms with Gasteiger partial charge in [0.25, 0.3) is 0 Å². The van der Waals surface area contributed by atoms with Crippen LogP contribution in [-0.4, -0.2) is 15.0 Å². The summed E-state index contributed by atoms with van der Waals surface area (Å²) in [4.78, 5) is 12.4. The SMILES string of the molecule is Clc1cncnc1-c1cccc2ncccc12. The van der Waals surface area contributed by atoms with Gasteiger partial charge in [-0.25, -0.2) is 9.97 Å². The minimum atomic E-state index is 0.545. The van der Waals surface area contributed by atoms with Crippen LogP contribution in [0, 0.1) is 0 Å². The lowest BCUT2D eigenvalue weighted by molar-refractivity contribution is 1.17. The van der Waals surface area contributed by atoms with Crippen LogP contribution < -0.4 is 0 Å². The average Bonchev–Trinajstić information content (AvgIpc) is 2.39. The van der Waals surface area contributed by atoms with Gasteiger partial charge in [-0.05, 0) is 12.1 Å². The zero-order valence-corrected chi connectivity index (χ0v) is 9.59. The van der Waals surface area contributed by atoms with E-state index >= 15 is 0 Å². The first-order chi connectivity index (χ1) is 8.36. The highest BCUT2D eigenvalue weighted by molar-refractivity contribution is 6.33. The molecule has 0 N–H and O–H groups in total. The number of pyridine rings is 1. The Morgan fingerprint density at radius 2 is 1.94 bits per heavy atom. The lowest BCUT2D eigenvalue weighted by Crippen LogP contribution is -1.88. The fourth-order valence-corrected chi connectivity index (χ4v) is 2.03. The molecule has 4 heteroatoms. The van der Waals surface area contributed by atoms with Crippen LogP contribution in [-0.2, 0) is 0 Å². The van der Waals surface area contributed by atoms with Crippen molar-refractivity contribution in [3.8, 4) is 11.3 Å². The smallest absolute Gasteiger partial charge is 0.116 e. The standard InChI is InChI=1S/C13H8ClN3/c14-11-7-15-8-17-13(11)10-3-1-5-12-9(10)4-2-6-16-12/h1-8H. The van der Waals surface area contributed by atoms with Crippen molar-refractivity contribution in [1.29, 1.82) is 0 Å². The first-order valence-corrected chi connectivity index (χ1v) is 5.53. The molecule has 0 aliphatic carbocycles. The number of fused-ring (bicyclic) bond motifs is 1. The summed E-state index contributed by atoms with van der Waals surface area (Å²) < 4.78 is 0. The molecule has 0 atom stereocenters. The summed E-state index contributed by atoms with van der Waals surface area (Å²) in [5.74, 6) is 0. The van der Waals surface area contributed by atoms with Gasteiger partial charge in [-0.1, -0.05) is 29.8 Å². The molecule has 0 bridgehead atoms. The van der Waals surface area contributed by atoms with Gasteiger partial charge >= 0.3 is 0 Å². The highest BCUT2D eigenvalue weighted by atomic mass is 35.5. The van der Waals surface area contributed by atoms with Gasteiger partial charge in [-0.2, -0.15) is 0 Å². The Labute approximate surface area is 103 Å². The second-order valence-corrected chi connectivity index (χ2v) is 4.00. The molecule has 2 heterocycles. The topological polar surface area (TPSA) is 38.7 Å². The number of rotatable bonds is 1. The van der Waals surface area contributed by atoms with E-state index in [2.05, 4.69) is 15.0 Å². The van der Waals surface area contributed by atoms with Gasteiger partial charge in [0.05, 0.1) is 16.2 Å². The molecule has 0 unspecified atom stereocenters. The van der Waals surface area contributed by atoms with E-state index in [-0.39, 0.29) is 0 Å². The van der Waals surface area contributed by atoms with E-state index in [4.69, 9.17) is 11.6 Å². The molecule has 0 radical (unpaired) electrons. The van der Waals surface area contributed by atoms with Crippen molar-refractivity contribution in [2.75, 3.05) is 0 Å². The lowest BCUT2D eigenvalue weighted by atomic mass is 10.1. The van der Waals surface area contributed by atoms with Crippen LogP contribution in [0.2, 0.25) is 5.02 Å². The summed E-state index contributed by atoms with van der Waals surface area (Å²) in [7, 11) is 0. The van der Waals surface area contributed by atoms with Crippen LogP contribution in [0.25, 0.3) is 22.2 Å². The van der Waals surface area contributed by atoms with Crippen molar-refractivity contribution < 1.29 is 0 Å². The molecule has 0 fully saturated rings. The Morgan fingerprint density at radius 1 is 1.00 bits per heavy atom. The van der Waals surface area contributed by atoms with E-state index in [1.54, 1.807) is 12.4 Å². The molecule has 0 aliphatic rings. The maximum Gasteiger partial charge on any atom is 0.116 e. The monoisotopic (exact) mass is 241 g/mol. The predicted molar refractivity (Wildman–Crippen MR) is 67.8 cm³/mol. The number of hydrogen-bond donors (Lipinski definition) is 0. The number of halogens is 1. The van der Waals surface area contributed by atoms with Gasteiger partial charge in [0, 0.05) is 23.3 Å². The molecule has 2 aromatic heterocycles. The number of nitrogens with zero attached hydrogens (tertiary/aromatic N) is 3. The highest BCUT2D eigenvalue weighted by Crippen LogP contribution is 2.30. The van der Waals surface area contributed by atoms with E-state index < -0.39 is 0 Å². The van der Waals surface area contributed by atoms with E-state index in [0.29, 0.717) is 5.02 Å². The molecular formula is C13H8ClN3. The van der Waals surface area contributed by atoms with Crippen LogP contribution in [0.3, 0.4) is 0 Å². The van der Waals surface area contributed by atoms with Crippen molar-refractivity contribution in [1.82, 2.24) is 15.0 Å². The van der Waals surface area contributed by atoms with Gasteiger partial charge in [-0.15, -0.1) is 0 Å². The van der Waals surface area contributed by atoms with Crippen molar-refractivity contribution in [2.24, 2.45) is 0 Å². The summed E-state index contributed by atoms with van der Waals surface area (Å²) >= 11 is 6.11. The molecule has 17 heavy (non-hydrogen) atoms. The Bertz CT molecular complexity index is 677. The zero-order chi connectivity index (χ0) is 11.7. The van der Waals surface area contributed by atoms with Crippen molar-refractivity contribution >= 4 is 22.5 Å². The number of hydrogen-bond acceptors (Lipinski definition) is 3. The highest BCUT2D eigenvalue weighted by Gasteiger charge is 2.08. The quantitative estimate of drug-likeness (QED) is 0.656. The summed E-state index contributed by atoms with van der Waals surface area (Å²) in [5, 5.41) is 1.58. The van der Waals surface area contributed by atoms with Gasteiger partial charge in [0.15, 0.2) is 0 Å². The van der Waals surface area contributed by atoms with Crippen molar-refractivity contribution in [2.45, 2.75) is 0 Å². The second-order valence-electron chi connectivity index (χ2n) is 3.59. The first-order valence-electron chi connectivity index (χ1n) is 5.16. The normalized spacial score (nSPS) is 10.6. The molecule has 3 rings (SSSR count). The van der Waals surface area contributed by atoms with Gasteiger partial charge < -0.3 is 0 Å². The Kier molecular flexibility index (Phi) is 2.46. The van der Waals surface area contributed by atoms with Crippen LogP contribution in [0.15, 0.2) is 49.1 Å². The lowest BCUT2D eigenvalue weighted by Gasteiger charge is -2.06. The van der Waals surface area contributed by atoms with Crippen LogP contribution in [0.4, 0.5) is 0 Å². The molecule has 82 valence electrons. The summed E-state index contributed by atoms with van der Waals surface area (Å²) in [5.41, 5.74) is 2.64. The Morgan fingerprint density at radius 3 is 2.82 bits per heavy atom. The molecular weight excluding hydrogens is 234 g/mol. The maximum atomic E-state index is 6.11. The zero-order valence-electron chi connectivity index (χ0n) is 8.84. The van der Waals surface area contributed by atoms with E-state index in [0.717, 1.165) is 22.2 Å². The first kappa shape index (κ1) is 10.2. The van der Waals surface area contributed by atoms with Crippen molar-refractivity contribution in [3.63, 3.8) is 0 Å². The summed E-state index contributed by atoms with van der Waals surface area (Å²) in [6.07, 6.45) is 4.86. The van der Waals surface area contributed by atoms with Crippen LogP contribution in [0.1, 0.15) is 0 Å². The maximum absolute atomic E-state index is 6.11. The van der Waals surface area contributed by atoms with E-state index in [1.807, 2.05) is 30.3 Å². The molecule has 0 saturated heterocycles. The molecule has 0 amide bonds. The van der Waals surface area contributed by atoms with Gasteiger partial charge in [0.1, 0.15) is 6.33 Å². The molecule has 0 aliphatic heterocycles. The predicted octanol–water partition coefficient (Wildman–Crippen LogP) is 3.35. The second kappa shape index (κ2) is 4.11. The van der Waals surface area contributed by atoms with Gasteiger partial charge in [0.2, 0.25) is 0 Å². The number of aromatic nitrogens is 3.